The minimum absolute atomic E-state index is 0.162. The fraction of sp³-hybridized carbons (Fsp3) is 0.808. The first-order valence-corrected chi connectivity index (χ1v) is 14.8. The number of aromatic amines is 1. The molecular weight excluding hydrogens is 510 g/mol. The molecule has 2 bridgehead atoms. The van der Waals surface area contributed by atoms with Crippen LogP contribution in [0.15, 0.2) is 18.3 Å². The zero-order valence-corrected chi connectivity index (χ0v) is 22.8. The number of aromatic nitrogens is 3. The van der Waals surface area contributed by atoms with Gasteiger partial charge in [-0.25, -0.2) is 0 Å². The molecule has 5 rings (SSSR count). The number of H-pyrrole nitrogens is 1. The number of hydrogen-bond donors (Lipinski definition) is 6. The van der Waals surface area contributed by atoms with Crippen molar-refractivity contribution in [2.24, 2.45) is 17.8 Å². The van der Waals surface area contributed by atoms with Crippen LogP contribution in [0.1, 0.15) is 56.9 Å². The van der Waals surface area contributed by atoms with Gasteiger partial charge in [0.1, 0.15) is 35.9 Å². The van der Waals surface area contributed by atoms with Gasteiger partial charge in [-0.05, 0) is 49.9 Å². The van der Waals surface area contributed by atoms with E-state index in [2.05, 4.69) is 39.9 Å². The van der Waals surface area contributed by atoms with Gasteiger partial charge in [0.25, 0.3) is 0 Å². The number of rotatable bonds is 5. The van der Waals surface area contributed by atoms with E-state index in [1.807, 2.05) is 12.2 Å². The van der Waals surface area contributed by atoms with E-state index >= 15 is 0 Å². The predicted molar refractivity (Wildman–Crippen MR) is 141 cm³/mol. The molecule has 1 aromatic rings. The Balaban J connectivity index is 1.30. The first-order chi connectivity index (χ1) is 18.3. The van der Waals surface area contributed by atoms with E-state index in [1.54, 1.807) is 6.20 Å². The van der Waals surface area contributed by atoms with Crippen LogP contribution in [0.25, 0.3) is 0 Å². The number of aliphatic hydroxyl groups excluding tert-OH is 3. The topological polar surface area (TPSA) is 162 Å². The van der Waals surface area contributed by atoms with Gasteiger partial charge in [0.2, 0.25) is 5.91 Å². The standard InChI is InChI=1S/C26H41N5O6S/c1-13(2)9-14-7-8-36-23-15(10-14)11-27-19(23)25(35)29-16-5-3-4-6-18(17-12-28-31-30-17)38-26-22(34)20(32)21(33)24(16)37-26/h3-4,12-16,18-24,26-27,32-34H,5-11H2,1-2H3,(H,29,35)(H,28,30,31)/b4-3-/t14-,15-,16+,18-,19-,20-,21+,22+,23+,24+,26+/m0/s1. The SMILES string of the molecule is CC(C)C[C@@H]1CCO[C@@H]2[C@H](CN[C@@H]2C(=O)N[C@@H]2C/C=C\C[C@@H](c3cn[nH]n3)S[C@H]3O[C@H]2[C@H](O)[C@H](O)[C@H]3O)C1. The summed E-state index contributed by atoms with van der Waals surface area (Å²) in [5, 5.41) is 49.2. The number of carbonyl (C=O) groups excluding carboxylic acids is 1. The number of carbonyl (C=O) groups is 1. The van der Waals surface area contributed by atoms with Crippen molar-refractivity contribution in [2.45, 2.75) is 99.2 Å². The second-order valence-corrected chi connectivity index (χ2v) is 12.8. The van der Waals surface area contributed by atoms with Crippen LogP contribution < -0.4 is 10.6 Å². The van der Waals surface area contributed by atoms with Gasteiger partial charge in [0.05, 0.1) is 29.3 Å². The molecule has 0 unspecified atom stereocenters. The van der Waals surface area contributed by atoms with Gasteiger partial charge in [-0.2, -0.15) is 15.4 Å². The summed E-state index contributed by atoms with van der Waals surface area (Å²) in [5.74, 6) is 1.32. The van der Waals surface area contributed by atoms with E-state index < -0.39 is 41.9 Å². The molecule has 212 valence electrons. The number of hydrogen-bond acceptors (Lipinski definition) is 10. The van der Waals surface area contributed by atoms with Gasteiger partial charge in [-0.1, -0.05) is 26.0 Å². The number of nitrogens with one attached hydrogen (secondary N) is 3. The number of amides is 1. The van der Waals surface area contributed by atoms with Crippen LogP contribution in [0.5, 0.6) is 0 Å². The molecule has 3 saturated heterocycles. The third-order valence-electron chi connectivity index (χ3n) is 8.25. The number of fused-ring (bicyclic) bond motifs is 3. The van der Waals surface area contributed by atoms with Crippen molar-refractivity contribution in [1.82, 2.24) is 26.0 Å². The molecule has 0 aliphatic carbocycles. The van der Waals surface area contributed by atoms with Crippen LogP contribution in [0.2, 0.25) is 0 Å². The summed E-state index contributed by atoms with van der Waals surface area (Å²) >= 11 is 1.32. The highest BCUT2D eigenvalue weighted by Crippen LogP contribution is 2.41. The molecule has 6 N–H and O–H groups in total. The number of aliphatic hydroxyl groups is 3. The van der Waals surface area contributed by atoms with Crippen LogP contribution in [0.3, 0.4) is 0 Å². The predicted octanol–water partition coefficient (Wildman–Crippen LogP) is 0.651. The van der Waals surface area contributed by atoms with Gasteiger partial charge in [0, 0.05) is 13.2 Å². The Labute approximate surface area is 227 Å². The maximum absolute atomic E-state index is 13.6. The second-order valence-electron chi connectivity index (χ2n) is 11.5. The monoisotopic (exact) mass is 551 g/mol. The smallest absolute Gasteiger partial charge is 0.240 e. The molecule has 3 fully saturated rings. The van der Waals surface area contributed by atoms with Crippen LogP contribution in [0, 0.1) is 17.8 Å². The summed E-state index contributed by atoms with van der Waals surface area (Å²) in [6.07, 6.45) is 4.66. The van der Waals surface area contributed by atoms with Crippen molar-refractivity contribution < 1.29 is 29.6 Å². The molecule has 4 aliphatic rings. The van der Waals surface area contributed by atoms with Crippen molar-refractivity contribution in [3.8, 4) is 0 Å². The number of ether oxygens (including phenoxy) is 2. The van der Waals surface area contributed by atoms with E-state index in [9.17, 15) is 20.1 Å². The first kappa shape index (κ1) is 28.0. The maximum Gasteiger partial charge on any atom is 0.240 e. The molecule has 11 nitrogen and oxygen atoms in total. The number of allylic oxidation sites excluding steroid dienone is 1. The molecule has 4 aliphatic heterocycles. The van der Waals surface area contributed by atoms with Crippen LogP contribution in [-0.2, 0) is 14.3 Å². The maximum atomic E-state index is 13.6. The lowest BCUT2D eigenvalue weighted by atomic mass is 9.85. The molecule has 12 heteroatoms. The number of nitrogens with zero attached hydrogens (tertiary/aromatic N) is 2. The summed E-state index contributed by atoms with van der Waals surface area (Å²) < 4.78 is 12.4. The van der Waals surface area contributed by atoms with Crippen molar-refractivity contribution in [3.63, 3.8) is 0 Å². The highest BCUT2D eigenvalue weighted by atomic mass is 32.2. The lowest BCUT2D eigenvalue weighted by Gasteiger charge is -2.44. The Bertz CT molecular complexity index is 951. The molecule has 0 saturated carbocycles. The largest absolute Gasteiger partial charge is 0.388 e. The zero-order valence-electron chi connectivity index (χ0n) is 22.0. The minimum atomic E-state index is -1.41. The average molecular weight is 552 g/mol. The molecule has 11 atom stereocenters. The quantitative estimate of drug-likeness (QED) is 0.287. The molecule has 0 aromatic carbocycles. The second kappa shape index (κ2) is 12.3. The highest BCUT2D eigenvalue weighted by molar-refractivity contribution is 8.00. The summed E-state index contributed by atoms with van der Waals surface area (Å²) in [4.78, 5) is 13.6. The van der Waals surface area contributed by atoms with Crippen LogP contribution in [-0.4, -0.2) is 97.8 Å². The van der Waals surface area contributed by atoms with Crippen LogP contribution in [0.4, 0.5) is 0 Å². The molecule has 1 aromatic heterocycles. The molecule has 5 heterocycles. The molecule has 1 amide bonds. The van der Waals surface area contributed by atoms with Gasteiger partial charge in [-0.15, -0.1) is 11.8 Å². The minimum Gasteiger partial charge on any atom is -0.388 e. The van der Waals surface area contributed by atoms with Crippen molar-refractivity contribution in [3.05, 3.63) is 24.0 Å². The summed E-state index contributed by atoms with van der Waals surface area (Å²) in [5.41, 5.74) is -0.109. The average Bonchev–Trinajstić information content (AvgIpc) is 3.52. The Kier molecular flexibility index (Phi) is 9.08. The Morgan fingerprint density at radius 2 is 2.00 bits per heavy atom. The van der Waals surface area contributed by atoms with Crippen molar-refractivity contribution in [2.75, 3.05) is 13.2 Å². The fourth-order valence-electron chi connectivity index (χ4n) is 6.37. The summed E-state index contributed by atoms with van der Waals surface area (Å²) in [6, 6.07) is -1.09. The molecule has 0 spiro atoms. The molecule has 0 radical (unpaired) electrons. The highest BCUT2D eigenvalue weighted by Gasteiger charge is 2.49. The summed E-state index contributed by atoms with van der Waals surface area (Å²) in [6.45, 7) is 5.87. The van der Waals surface area contributed by atoms with E-state index in [0.717, 1.165) is 19.4 Å². The summed E-state index contributed by atoms with van der Waals surface area (Å²) in [7, 11) is 0. The lowest BCUT2D eigenvalue weighted by molar-refractivity contribution is -0.205. The Hall–Kier alpha value is -1.54. The van der Waals surface area contributed by atoms with E-state index in [1.165, 1.54) is 18.2 Å². The Morgan fingerprint density at radius 3 is 2.76 bits per heavy atom. The molecule has 38 heavy (non-hydrogen) atoms. The first-order valence-electron chi connectivity index (χ1n) is 13.8. The third-order valence-corrected chi connectivity index (χ3v) is 9.67. The van der Waals surface area contributed by atoms with Gasteiger partial charge >= 0.3 is 0 Å². The van der Waals surface area contributed by atoms with Gasteiger partial charge < -0.3 is 35.4 Å². The van der Waals surface area contributed by atoms with Crippen LogP contribution >= 0.6 is 11.8 Å². The van der Waals surface area contributed by atoms with Gasteiger partial charge in [-0.3, -0.25) is 4.79 Å². The van der Waals surface area contributed by atoms with E-state index in [4.69, 9.17) is 9.47 Å². The third kappa shape index (κ3) is 6.11. The van der Waals surface area contributed by atoms with Crippen molar-refractivity contribution >= 4 is 17.7 Å². The van der Waals surface area contributed by atoms with Gasteiger partial charge in [0.15, 0.2) is 0 Å². The Morgan fingerprint density at radius 1 is 1.18 bits per heavy atom. The van der Waals surface area contributed by atoms with E-state index in [-0.39, 0.29) is 23.2 Å². The zero-order chi connectivity index (χ0) is 26.8. The molecular formula is C26H41N5O6S. The van der Waals surface area contributed by atoms with Crippen molar-refractivity contribution in [1.29, 1.82) is 0 Å². The number of thioether (sulfide) groups is 1. The van der Waals surface area contributed by atoms with E-state index in [0.29, 0.717) is 37.0 Å². The lowest BCUT2D eigenvalue weighted by Crippen LogP contribution is -2.64. The fourth-order valence-corrected chi connectivity index (χ4v) is 7.69. The normalized spacial score (nSPS) is 42.7.